The van der Waals surface area contributed by atoms with Crippen LogP contribution in [-0.2, 0) is 9.59 Å². The van der Waals surface area contributed by atoms with Crippen LogP contribution in [-0.4, -0.2) is 27.6 Å². The largest absolute Gasteiger partial charge is 0.384 e. The average molecular weight is 507 g/mol. The molecule has 1 aliphatic carbocycles. The lowest BCUT2D eigenvalue weighted by Gasteiger charge is -2.38. The molecule has 2 aliphatic rings. The van der Waals surface area contributed by atoms with Crippen LogP contribution >= 0.6 is 46.3 Å². The summed E-state index contributed by atoms with van der Waals surface area (Å²) in [7, 11) is 0. The first kappa shape index (κ1) is 22.6. The molecule has 2 aromatic rings. The van der Waals surface area contributed by atoms with E-state index in [1.165, 1.54) is 11.3 Å². The number of hydrogen-bond donors (Lipinski definition) is 2. The number of nitriles is 1. The fraction of sp³-hybridized carbons (Fsp3) is 0.250. The van der Waals surface area contributed by atoms with E-state index in [0.717, 1.165) is 11.8 Å². The molecule has 32 heavy (non-hydrogen) atoms. The van der Waals surface area contributed by atoms with E-state index < -0.39 is 11.8 Å². The first-order valence-electron chi connectivity index (χ1n) is 9.48. The zero-order valence-corrected chi connectivity index (χ0v) is 19.6. The Morgan fingerprint density at radius 2 is 2.03 bits per heavy atom. The summed E-state index contributed by atoms with van der Waals surface area (Å²) in [6.45, 7) is 0. The van der Waals surface area contributed by atoms with Gasteiger partial charge in [0.25, 0.3) is 0 Å². The van der Waals surface area contributed by atoms with Crippen molar-refractivity contribution in [1.82, 2.24) is 10.2 Å². The molecule has 1 atom stereocenters. The molecule has 4 rings (SSSR count). The summed E-state index contributed by atoms with van der Waals surface area (Å²) in [5.41, 5.74) is 13.4. The molecule has 1 aliphatic heterocycles. The van der Waals surface area contributed by atoms with Crippen molar-refractivity contribution in [2.24, 2.45) is 11.5 Å². The van der Waals surface area contributed by atoms with Gasteiger partial charge in [-0.1, -0.05) is 52.4 Å². The fourth-order valence-corrected chi connectivity index (χ4v) is 6.10. The van der Waals surface area contributed by atoms with Crippen molar-refractivity contribution >= 4 is 63.1 Å². The third kappa shape index (κ3) is 3.97. The van der Waals surface area contributed by atoms with E-state index in [0.29, 0.717) is 55.6 Å². The number of aromatic nitrogens is 2. The molecule has 164 valence electrons. The minimum Gasteiger partial charge on any atom is -0.384 e. The molecule has 1 amide bonds. The molecule has 0 fully saturated rings. The second kappa shape index (κ2) is 9.11. The molecule has 8 nitrogen and oxygen atoms in total. The molecule has 1 unspecified atom stereocenters. The van der Waals surface area contributed by atoms with Gasteiger partial charge in [0.15, 0.2) is 10.1 Å². The van der Waals surface area contributed by atoms with Crippen LogP contribution in [0.4, 0.5) is 5.13 Å². The molecular weight excluding hydrogens is 491 g/mol. The highest BCUT2D eigenvalue weighted by Crippen LogP contribution is 2.49. The number of anilines is 1. The number of benzene rings is 1. The van der Waals surface area contributed by atoms with Gasteiger partial charge in [0, 0.05) is 33.3 Å². The van der Waals surface area contributed by atoms with Crippen molar-refractivity contribution in [2.75, 3.05) is 10.7 Å². The second-order valence-corrected chi connectivity index (χ2v) is 10.0. The van der Waals surface area contributed by atoms with Crippen molar-refractivity contribution in [2.45, 2.75) is 29.5 Å². The summed E-state index contributed by atoms with van der Waals surface area (Å²) in [6, 6.07) is 7.19. The minimum absolute atomic E-state index is 0.0584. The SMILES string of the molecule is N#CC1=C(N)N(c2nnc(SCC(N)=O)s2)C2=C(C(=O)CCC2)C1c1c(Cl)cccc1Cl. The second-order valence-electron chi connectivity index (χ2n) is 7.06. The molecule has 0 saturated heterocycles. The summed E-state index contributed by atoms with van der Waals surface area (Å²) >= 11 is 15.3. The average Bonchev–Trinajstić information content (AvgIpc) is 3.20. The Hall–Kier alpha value is -2.58. The zero-order chi connectivity index (χ0) is 23.0. The van der Waals surface area contributed by atoms with Crippen molar-refractivity contribution < 1.29 is 9.59 Å². The quantitative estimate of drug-likeness (QED) is 0.584. The zero-order valence-electron chi connectivity index (χ0n) is 16.5. The van der Waals surface area contributed by atoms with Gasteiger partial charge in [-0.25, -0.2) is 0 Å². The van der Waals surface area contributed by atoms with E-state index in [-0.39, 0.29) is 22.9 Å². The maximum absolute atomic E-state index is 13.1. The highest BCUT2D eigenvalue weighted by atomic mass is 35.5. The van der Waals surface area contributed by atoms with Crippen molar-refractivity contribution in [3.8, 4) is 6.07 Å². The number of rotatable bonds is 5. The van der Waals surface area contributed by atoms with Crippen LogP contribution in [0, 0.1) is 11.3 Å². The highest BCUT2D eigenvalue weighted by molar-refractivity contribution is 8.01. The summed E-state index contributed by atoms with van der Waals surface area (Å²) in [4.78, 5) is 25.8. The standard InChI is InChI=1S/C20H16Cl2N6O2S2/c21-10-3-1-4-11(22)16(10)15-9(7-23)18(25)28(12-5-2-6-13(29)17(12)15)19-26-27-20(32-19)31-8-14(24)30/h1,3-4,15H,2,5-6,8,25H2,(H2,24,30). The summed E-state index contributed by atoms with van der Waals surface area (Å²) in [6.07, 6.45) is 1.54. The van der Waals surface area contributed by atoms with Gasteiger partial charge in [-0.15, -0.1) is 10.2 Å². The van der Waals surface area contributed by atoms with Crippen LogP contribution in [0.1, 0.15) is 30.7 Å². The number of allylic oxidation sites excluding steroid dienone is 3. The number of Topliss-reactive ketones (excluding diaryl/α,β-unsaturated/α-hetero) is 1. The molecule has 0 saturated carbocycles. The predicted molar refractivity (Wildman–Crippen MR) is 124 cm³/mol. The number of nitrogens with zero attached hydrogens (tertiary/aromatic N) is 4. The third-order valence-corrected chi connectivity index (χ3v) is 7.85. The van der Waals surface area contributed by atoms with Gasteiger partial charge in [0.1, 0.15) is 5.82 Å². The number of amides is 1. The summed E-state index contributed by atoms with van der Waals surface area (Å²) in [5, 5.41) is 19.4. The van der Waals surface area contributed by atoms with E-state index in [1.54, 1.807) is 23.1 Å². The lowest BCUT2D eigenvalue weighted by molar-refractivity contribution is -0.116. The topological polar surface area (TPSA) is 139 Å². The van der Waals surface area contributed by atoms with E-state index >= 15 is 0 Å². The monoisotopic (exact) mass is 506 g/mol. The molecular formula is C20H16Cl2N6O2S2. The molecule has 0 spiro atoms. The lowest BCUT2D eigenvalue weighted by atomic mass is 9.75. The van der Waals surface area contributed by atoms with Gasteiger partial charge in [0.05, 0.1) is 23.3 Å². The molecule has 4 N–H and O–H groups in total. The number of carbonyl (C=O) groups excluding carboxylic acids is 2. The Bertz CT molecular complexity index is 1210. The van der Waals surface area contributed by atoms with Gasteiger partial charge in [-0.2, -0.15) is 5.26 Å². The lowest BCUT2D eigenvalue weighted by Crippen LogP contribution is -2.38. The van der Waals surface area contributed by atoms with E-state index in [4.69, 9.17) is 34.7 Å². The fourth-order valence-electron chi connectivity index (χ4n) is 3.86. The number of halogens is 2. The Morgan fingerprint density at radius 3 is 2.69 bits per heavy atom. The van der Waals surface area contributed by atoms with Crippen LogP contribution in [0.15, 0.2) is 45.2 Å². The van der Waals surface area contributed by atoms with Gasteiger partial charge in [0.2, 0.25) is 11.0 Å². The summed E-state index contributed by atoms with van der Waals surface area (Å²) < 4.78 is 0.519. The van der Waals surface area contributed by atoms with Gasteiger partial charge < -0.3 is 11.5 Å². The number of nitrogens with two attached hydrogens (primary N) is 2. The number of carbonyl (C=O) groups is 2. The Kier molecular flexibility index (Phi) is 6.44. The maximum atomic E-state index is 13.1. The third-order valence-electron chi connectivity index (χ3n) is 5.13. The van der Waals surface area contributed by atoms with Crippen molar-refractivity contribution in [1.29, 1.82) is 5.26 Å². The number of thioether (sulfide) groups is 1. The Balaban J connectivity index is 1.89. The highest BCUT2D eigenvalue weighted by Gasteiger charge is 2.42. The summed E-state index contributed by atoms with van der Waals surface area (Å²) in [5.74, 6) is -1.13. The first-order valence-corrected chi connectivity index (χ1v) is 12.0. The maximum Gasteiger partial charge on any atom is 0.227 e. The minimum atomic E-state index is -0.767. The van der Waals surface area contributed by atoms with Crippen molar-refractivity contribution in [3.05, 3.63) is 56.5 Å². The predicted octanol–water partition coefficient (Wildman–Crippen LogP) is 3.73. The molecule has 1 aromatic carbocycles. The van der Waals surface area contributed by atoms with Gasteiger partial charge in [-0.05, 0) is 25.0 Å². The van der Waals surface area contributed by atoms with Crippen molar-refractivity contribution in [3.63, 3.8) is 0 Å². The van der Waals surface area contributed by atoms with Gasteiger partial charge in [-0.3, -0.25) is 14.5 Å². The normalized spacial score (nSPS) is 18.6. The molecule has 2 heterocycles. The Labute approximate surface area is 201 Å². The van der Waals surface area contributed by atoms with Crippen LogP contribution in [0.5, 0.6) is 0 Å². The van der Waals surface area contributed by atoms with E-state index in [9.17, 15) is 14.9 Å². The number of hydrogen-bond acceptors (Lipinski definition) is 9. The molecule has 0 bridgehead atoms. The number of primary amides is 1. The van der Waals surface area contributed by atoms with Crippen LogP contribution in [0.3, 0.4) is 0 Å². The smallest absolute Gasteiger partial charge is 0.227 e. The van der Waals surface area contributed by atoms with E-state index in [2.05, 4.69) is 16.3 Å². The van der Waals surface area contributed by atoms with E-state index in [1.807, 2.05) is 0 Å². The Morgan fingerprint density at radius 1 is 1.31 bits per heavy atom. The van der Waals surface area contributed by atoms with Crippen LogP contribution in [0.25, 0.3) is 0 Å². The number of ketones is 1. The van der Waals surface area contributed by atoms with Crippen LogP contribution in [0.2, 0.25) is 10.0 Å². The first-order chi connectivity index (χ1) is 15.3. The molecule has 12 heteroatoms. The molecule has 1 aromatic heterocycles. The molecule has 0 radical (unpaired) electrons. The van der Waals surface area contributed by atoms with Crippen LogP contribution < -0.4 is 16.4 Å². The van der Waals surface area contributed by atoms with Gasteiger partial charge >= 0.3 is 0 Å².